The third kappa shape index (κ3) is 27.0. The number of rotatable bonds is 32. The molecule has 1 saturated heterocycles. The van der Waals surface area contributed by atoms with E-state index in [1.807, 2.05) is 0 Å². The number of allylic oxidation sites excluding steroid dienone is 5. The molecule has 0 spiro atoms. The molecule has 1 rings (SSSR count). The van der Waals surface area contributed by atoms with Gasteiger partial charge < -0.3 is 19.3 Å². The molecule has 1 aliphatic rings. The van der Waals surface area contributed by atoms with Gasteiger partial charge in [0.05, 0.1) is 18.8 Å². The van der Waals surface area contributed by atoms with Crippen LogP contribution in [0.15, 0.2) is 36.5 Å². The Hall–Kier alpha value is -1.92. The fourth-order valence-corrected chi connectivity index (χ4v) is 5.40. The van der Waals surface area contributed by atoms with Gasteiger partial charge in [-0.1, -0.05) is 147 Å². The summed E-state index contributed by atoms with van der Waals surface area (Å²) in [6, 6.07) is 0. The molecule has 0 aromatic heterocycles. The van der Waals surface area contributed by atoms with Gasteiger partial charge in [0, 0.05) is 12.8 Å². The lowest BCUT2D eigenvalue weighted by atomic mass is 10.0. The topological polar surface area (TPSA) is 85.4 Å². The largest absolute Gasteiger partial charge is 0.462 e. The molecule has 3 atom stereocenters. The van der Waals surface area contributed by atoms with E-state index in [2.05, 4.69) is 50.3 Å². The molecule has 6 heteroatoms. The van der Waals surface area contributed by atoms with Crippen LogP contribution in [0.3, 0.4) is 0 Å². The van der Waals surface area contributed by atoms with Crippen LogP contribution in [0.1, 0.15) is 168 Å². The average molecular weight is 633 g/mol. The van der Waals surface area contributed by atoms with Gasteiger partial charge in [-0.3, -0.25) is 9.59 Å². The minimum Gasteiger partial charge on any atom is -0.462 e. The molecular formula is C39H68O6. The van der Waals surface area contributed by atoms with E-state index in [1.165, 1.54) is 89.9 Å². The molecule has 260 valence electrons. The number of epoxide rings is 1. The maximum absolute atomic E-state index is 12.1. The highest BCUT2D eigenvalue weighted by molar-refractivity contribution is 5.70. The van der Waals surface area contributed by atoms with Gasteiger partial charge in [-0.25, -0.2) is 0 Å². The van der Waals surface area contributed by atoms with Crippen molar-refractivity contribution in [3.05, 3.63) is 36.5 Å². The Bertz CT molecular complexity index is 788. The first-order chi connectivity index (χ1) is 22.1. The second kappa shape index (κ2) is 30.7. The van der Waals surface area contributed by atoms with E-state index in [1.54, 1.807) is 0 Å². The number of hydrogen-bond donors (Lipinski definition) is 1. The maximum atomic E-state index is 12.1. The molecule has 1 N–H and O–H groups in total. The summed E-state index contributed by atoms with van der Waals surface area (Å²) in [5.41, 5.74) is 0. The summed E-state index contributed by atoms with van der Waals surface area (Å²) in [6.07, 6.45) is 39.5. The number of esters is 2. The highest BCUT2D eigenvalue weighted by Crippen LogP contribution is 2.30. The van der Waals surface area contributed by atoms with Crippen LogP contribution in [0.25, 0.3) is 0 Å². The third-order valence-electron chi connectivity index (χ3n) is 8.36. The van der Waals surface area contributed by atoms with Crippen LogP contribution in [0, 0.1) is 0 Å². The van der Waals surface area contributed by atoms with E-state index in [0.717, 1.165) is 44.9 Å². The van der Waals surface area contributed by atoms with Gasteiger partial charge >= 0.3 is 11.9 Å². The molecule has 0 amide bonds. The van der Waals surface area contributed by atoms with Crippen LogP contribution < -0.4 is 0 Å². The molecule has 2 unspecified atom stereocenters. The Morgan fingerprint density at radius 3 is 1.80 bits per heavy atom. The van der Waals surface area contributed by atoms with Gasteiger partial charge in [-0.05, 0) is 44.9 Å². The van der Waals surface area contributed by atoms with Gasteiger partial charge in [0.25, 0.3) is 0 Å². The Balaban J connectivity index is 1.93. The Labute approximate surface area is 276 Å². The number of carbonyl (C=O) groups excluding carboxylic acids is 2. The van der Waals surface area contributed by atoms with E-state index in [4.69, 9.17) is 14.2 Å². The number of hydrogen-bond acceptors (Lipinski definition) is 6. The first-order valence-electron chi connectivity index (χ1n) is 18.7. The summed E-state index contributed by atoms with van der Waals surface area (Å²) in [7, 11) is 0. The smallest absolute Gasteiger partial charge is 0.306 e. The Morgan fingerprint density at radius 1 is 0.644 bits per heavy atom. The van der Waals surface area contributed by atoms with Crippen molar-refractivity contribution in [2.45, 2.75) is 186 Å². The fraction of sp³-hybridized carbons (Fsp3) is 0.795. The molecule has 1 fully saturated rings. The SMILES string of the molecule is CCCCCCCCCCCCCCCC(=O)OC[C@H](CO)OC(=O)CCC/C=C\C/C=C\C/C=C\CC1OC1CCCCC. The molecule has 0 aliphatic carbocycles. The highest BCUT2D eigenvalue weighted by atomic mass is 16.6. The Morgan fingerprint density at radius 2 is 1.18 bits per heavy atom. The second-order valence-corrected chi connectivity index (χ2v) is 12.7. The van der Waals surface area contributed by atoms with Crippen LogP contribution in [0.4, 0.5) is 0 Å². The minimum absolute atomic E-state index is 0.0884. The lowest BCUT2D eigenvalue weighted by Crippen LogP contribution is -2.28. The molecule has 1 aliphatic heterocycles. The summed E-state index contributed by atoms with van der Waals surface area (Å²) < 4.78 is 16.3. The zero-order valence-electron chi connectivity index (χ0n) is 29.1. The van der Waals surface area contributed by atoms with Crippen molar-refractivity contribution in [3.63, 3.8) is 0 Å². The molecule has 0 aromatic carbocycles. The van der Waals surface area contributed by atoms with Crippen LogP contribution in [0.2, 0.25) is 0 Å². The van der Waals surface area contributed by atoms with Crippen LogP contribution in [0.5, 0.6) is 0 Å². The van der Waals surface area contributed by atoms with Gasteiger partial charge in [-0.2, -0.15) is 0 Å². The zero-order chi connectivity index (χ0) is 32.6. The lowest BCUT2D eigenvalue weighted by molar-refractivity contribution is -0.161. The van der Waals surface area contributed by atoms with E-state index < -0.39 is 6.10 Å². The maximum Gasteiger partial charge on any atom is 0.306 e. The number of unbranched alkanes of at least 4 members (excludes halogenated alkanes) is 15. The first kappa shape index (κ1) is 41.1. The lowest BCUT2D eigenvalue weighted by Gasteiger charge is -2.15. The summed E-state index contributed by atoms with van der Waals surface area (Å²) >= 11 is 0. The van der Waals surface area contributed by atoms with E-state index in [-0.39, 0.29) is 31.6 Å². The molecule has 1 heterocycles. The predicted octanol–water partition coefficient (Wildman–Crippen LogP) is 10.3. The van der Waals surface area contributed by atoms with Crippen LogP contribution in [-0.4, -0.2) is 48.6 Å². The monoisotopic (exact) mass is 633 g/mol. The minimum atomic E-state index is -0.799. The van der Waals surface area contributed by atoms with Crippen molar-refractivity contribution in [1.29, 1.82) is 0 Å². The van der Waals surface area contributed by atoms with Crippen LogP contribution in [-0.2, 0) is 23.8 Å². The van der Waals surface area contributed by atoms with Gasteiger partial charge in [0.15, 0.2) is 6.10 Å². The number of ether oxygens (including phenoxy) is 3. The molecule has 6 nitrogen and oxygen atoms in total. The summed E-state index contributed by atoms with van der Waals surface area (Å²) in [5.74, 6) is -0.660. The summed E-state index contributed by atoms with van der Waals surface area (Å²) in [4.78, 5) is 24.2. The first-order valence-corrected chi connectivity index (χ1v) is 18.7. The van der Waals surface area contributed by atoms with E-state index >= 15 is 0 Å². The molecule has 0 bridgehead atoms. The molecular weight excluding hydrogens is 564 g/mol. The zero-order valence-corrected chi connectivity index (χ0v) is 29.1. The van der Waals surface area contributed by atoms with Crippen LogP contribution >= 0.6 is 0 Å². The quantitative estimate of drug-likeness (QED) is 0.0344. The van der Waals surface area contributed by atoms with Crippen molar-refractivity contribution in [3.8, 4) is 0 Å². The number of aliphatic hydroxyl groups excluding tert-OH is 1. The molecule has 45 heavy (non-hydrogen) atoms. The van der Waals surface area contributed by atoms with Gasteiger partial charge in [0.1, 0.15) is 6.61 Å². The van der Waals surface area contributed by atoms with Crippen molar-refractivity contribution < 1.29 is 28.9 Å². The second-order valence-electron chi connectivity index (χ2n) is 12.7. The average Bonchev–Trinajstić information content (AvgIpc) is 3.79. The molecule has 0 radical (unpaired) electrons. The molecule has 0 aromatic rings. The van der Waals surface area contributed by atoms with E-state index in [0.29, 0.717) is 25.0 Å². The fourth-order valence-electron chi connectivity index (χ4n) is 5.40. The van der Waals surface area contributed by atoms with Crippen molar-refractivity contribution in [1.82, 2.24) is 0 Å². The predicted molar refractivity (Wildman–Crippen MR) is 186 cm³/mol. The Kier molecular flexibility index (Phi) is 28.1. The van der Waals surface area contributed by atoms with Gasteiger partial charge in [0.2, 0.25) is 0 Å². The van der Waals surface area contributed by atoms with Gasteiger partial charge in [-0.15, -0.1) is 0 Å². The van der Waals surface area contributed by atoms with Crippen molar-refractivity contribution in [2.24, 2.45) is 0 Å². The number of aliphatic hydroxyl groups is 1. The summed E-state index contributed by atoms with van der Waals surface area (Å²) in [5, 5.41) is 9.52. The third-order valence-corrected chi connectivity index (χ3v) is 8.36. The standard InChI is InChI=1S/C39H68O6/c1-3-5-7-8-9-10-11-12-13-17-20-23-27-31-38(41)43-34-35(33-40)44-39(42)32-28-24-21-18-15-14-16-19-22-26-30-37-36(45-37)29-25-6-4-2/h14,16,18,21-22,26,35-37,40H,3-13,15,17,19-20,23-25,27-34H2,1-2H3/b16-14-,21-18-,26-22-/t35-,36?,37?/m0/s1. The summed E-state index contributed by atoms with van der Waals surface area (Å²) in [6.45, 7) is 4.05. The highest BCUT2D eigenvalue weighted by Gasteiger charge is 2.36. The normalized spacial score (nSPS) is 17.0. The number of carbonyl (C=O) groups is 2. The molecule has 0 saturated carbocycles. The van der Waals surface area contributed by atoms with E-state index in [9.17, 15) is 14.7 Å². The van der Waals surface area contributed by atoms with Crippen molar-refractivity contribution >= 4 is 11.9 Å². The van der Waals surface area contributed by atoms with Crippen molar-refractivity contribution in [2.75, 3.05) is 13.2 Å².